The number of carbonyl (C=O) groups is 2. The molecule has 7 heteroatoms. The van der Waals surface area contributed by atoms with Crippen molar-refractivity contribution in [3.05, 3.63) is 81.0 Å². The lowest BCUT2D eigenvalue weighted by Crippen LogP contribution is -2.30. The van der Waals surface area contributed by atoms with Crippen molar-refractivity contribution in [3.8, 4) is 0 Å². The summed E-state index contributed by atoms with van der Waals surface area (Å²) < 4.78 is 11.1. The Morgan fingerprint density at radius 1 is 1.10 bits per heavy atom. The van der Waals surface area contributed by atoms with Gasteiger partial charge in [0.15, 0.2) is 10.4 Å². The zero-order chi connectivity index (χ0) is 21.0. The molecular formula is C22H23BrN2O4. The molecule has 2 aromatic heterocycles. The van der Waals surface area contributed by atoms with E-state index in [0.29, 0.717) is 29.9 Å². The third-order valence-electron chi connectivity index (χ3n) is 4.66. The van der Waals surface area contributed by atoms with Crippen molar-refractivity contribution in [2.24, 2.45) is 0 Å². The van der Waals surface area contributed by atoms with Crippen molar-refractivity contribution >= 4 is 27.8 Å². The van der Waals surface area contributed by atoms with Gasteiger partial charge in [0.05, 0.1) is 18.7 Å². The van der Waals surface area contributed by atoms with Gasteiger partial charge in [-0.2, -0.15) is 0 Å². The van der Waals surface area contributed by atoms with Crippen LogP contribution in [0, 0.1) is 13.8 Å². The molecule has 3 rings (SSSR count). The zero-order valence-corrected chi connectivity index (χ0v) is 18.2. The molecule has 6 nitrogen and oxygen atoms in total. The second-order valence-electron chi connectivity index (χ2n) is 6.70. The van der Waals surface area contributed by atoms with E-state index in [0.717, 1.165) is 22.5 Å². The molecule has 0 spiro atoms. The summed E-state index contributed by atoms with van der Waals surface area (Å²) >= 11 is 3.24. The van der Waals surface area contributed by atoms with Gasteiger partial charge in [0, 0.05) is 17.9 Å². The number of hydrogen-bond donors (Lipinski definition) is 1. The maximum absolute atomic E-state index is 13.1. The molecule has 0 aliphatic heterocycles. The van der Waals surface area contributed by atoms with Gasteiger partial charge in [-0.25, -0.2) is 4.79 Å². The number of rotatable bonds is 7. The summed E-state index contributed by atoms with van der Waals surface area (Å²) in [7, 11) is 0. The lowest BCUT2D eigenvalue weighted by Gasteiger charge is -2.22. The Labute approximate surface area is 178 Å². The molecule has 0 saturated carbocycles. The van der Waals surface area contributed by atoms with Crippen LogP contribution in [0.2, 0.25) is 0 Å². The topological polar surface area (TPSA) is 75.5 Å². The highest BCUT2D eigenvalue weighted by atomic mass is 79.9. The van der Waals surface area contributed by atoms with Crippen LogP contribution >= 0.6 is 15.9 Å². The number of aromatic nitrogens is 1. The van der Waals surface area contributed by atoms with Crippen LogP contribution in [0.5, 0.6) is 0 Å². The fraction of sp³-hybridized carbons (Fsp3) is 0.273. The molecule has 1 amide bonds. The summed E-state index contributed by atoms with van der Waals surface area (Å²) in [6, 6.07) is 13.1. The van der Waals surface area contributed by atoms with Gasteiger partial charge in [0.25, 0.3) is 5.91 Å². The van der Waals surface area contributed by atoms with E-state index >= 15 is 0 Å². The Balaban J connectivity index is 1.92. The van der Waals surface area contributed by atoms with Crippen LogP contribution in [0.1, 0.15) is 50.4 Å². The van der Waals surface area contributed by atoms with Crippen molar-refractivity contribution in [2.45, 2.75) is 33.9 Å². The van der Waals surface area contributed by atoms with E-state index in [1.807, 2.05) is 44.2 Å². The summed E-state index contributed by atoms with van der Waals surface area (Å²) in [4.78, 5) is 30.3. The smallest absolute Gasteiger partial charge is 0.340 e. The van der Waals surface area contributed by atoms with Gasteiger partial charge in [-0.05, 0) is 60.0 Å². The summed E-state index contributed by atoms with van der Waals surface area (Å²) in [5.74, 6) is -0.343. The third-order valence-corrected chi connectivity index (χ3v) is 5.08. The standard InChI is InChI=1S/C22H23BrN2O4/c1-4-28-22(27)20-14(2)17(24-15(20)3)13-25(12-16-8-6-5-7-9-16)21(26)18-10-11-19(23)29-18/h5-11,24H,4,12-13H2,1-3H3. The summed E-state index contributed by atoms with van der Waals surface area (Å²) in [6.07, 6.45) is 0. The first-order valence-corrected chi connectivity index (χ1v) is 10.1. The monoisotopic (exact) mass is 458 g/mol. The SMILES string of the molecule is CCOC(=O)c1c(C)[nH]c(CN(Cc2ccccc2)C(=O)c2ccc(Br)o2)c1C. The zero-order valence-electron chi connectivity index (χ0n) is 16.6. The molecule has 2 heterocycles. The number of furan rings is 1. The van der Waals surface area contributed by atoms with Crippen LogP contribution in [0.4, 0.5) is 0 Å². The number of aryl methyl sites for hydroxylation is 1. The van der Waals surface area contributed by atoms with Gasteiger partial charge in [-0.15, -0.1) is 0 Å². The highest BCUT2D eigenvalue weighted by molar-refractivity contribution is 9.10. The van der Waals surface area contributed by atoms with Gasteiger partial charge in [-0.1, -0.05) is 30.3 Å². The van der Waals surface area contributed by atoms with E-state index in [2.05, 4.69) is 20.9 Å². The normalized spacial score (nSPS) is 10.8. The first-order valence-electron chi connectivity index (χ1n) is 9.34. The summed E-state index contributed by atoms with van der Waals surface area (Å²) in [5, 5.41) is 0. The number of nitrogens with one attached hydrogen (secondary N) is 1. The summed E-state index contributed by atoms with van der Waals surface area (Å²) in [5.41, 5.74) is 3.82. The number of amides is 1. The maximum atomic E-state index is 13.1. The molecule has 0 bridgehead atoms. The number of halogens is 1. The molecule has 0 aliphatic carbocycles. The fourth-order valence-corrected chi connectivity index (χ4v) is 3.57. The Morgan fingerprint density at radius 3 is 2.45 bits per heavy atom. The molecule has 0 aliphatic rings. The van der Waals surface area contributed by atoms with Gasteiger partial charge in [-0.3, -0.25) is 4.79 Å². The minimum absolute atomic E-state index is 0.233. The number of ether oxygens (including phenoxy) is 1. The molecule has 1 aromatic carbocycles. The number of aromatic amines is 1. The Hall–Kier alpha value is -2.80. The van der Waals surface area contributed by atoms with E-state index in [1.54, 1.807) is 24.0 Å². The second kappa shape index (κ2) is 9.13. The third kappa shape index (κ3) is 4.79. The molecule has 0 saturated heterocycles. The van der Waals surface area contributed by atoms with E-state index < -0.39 is 0 Å². The summed E-state index contributed by atoms with van der Waals surface area (Å²) in [6.45, 7) is 6.49. The molecule has 1 N–H and O–H groups in total. The van der Waals surface area contributed by atoms with Crippen LogP contribution in [-0.2, 0) is 17.8 Å². The average molecular weight is 459 g/mol. The van der Waals surface area contributed by atoms with Crippen LogP contribution in [-0.4, -0.2) is 28.4 Å². The van der Waals surface area contributed by atoms with Crippen LogP contribution < -0.4 is 0 Å². The predicted molar refractivity (Wildman–Crippen MR) is 113 cm³/mol. The quantitative estimate of drug-likeness (QED) is 0.505. The highest BCUT2D eigenvalue weighted by Crippen LogP contribution is 2.23. The van der Waals surface area contributed by atoms with Gasteiger partial charge >= 0.3 is 5.97 Å². The number of nitrogens with zero attached hydrogens (tertiary/aromatic N) is 1. The maximum Gasteiger partial charge on any atom is 0.340 e. The van der Waals surface area contributed by atoms with Crippen molar-refractivity contribution in [3.63, 3.8) is 0 Å². The number of carbonyl (C=O) groups excluding carboxylic acids is 2. The Kier molecular flexibility index (Phi) is 6.59. The van der Waals surface area contributed by atoms with Gasteiger partial charge < -0.3 is 19.0 Å². The highest BCUT2D eigenvalue weighted by Gasteiger charge is 2.24. The van der Waals surface area contributed by atoms with Crippen molar-refractivity contribution in [1.82, 2.24) is 9.88 Å². The average Bonchev–Trinajstić information content (AvgIpc) is 3.24. The molecule has 3 aromatic rings. The Morgan fingerprint density at radius 2 is 1.83 bits per heavy atom. The van der Waals surface area contributed by atoms with E-state index in [1.165, 1.54) is 0 Å². The van der Waals surface area contributed by atoms with E-state index in [9.17, 15) is 9.59 Å². The van der Waals surface area contributed by atoms with E-state index in [-0.39, 0.29) is 17.6 Å². The van der Waals surface area contributed by atoms with Crippen LogP contribution in [0.3, 0.4) is 0 Å². The first-order chi connectivity index (χ1) is 13.9. The minimum atomic E-state index is -0.360. The number of H-pyrrole nitrogens is 1. The van der Waals surface area contributed by atoms with Gasteiger partial charge in [0.1, 0.15) is 0 Å². The molecule has 0 atom stereocenters. The number of esters is 1. The molecular weight excluding hydrogens is 436 g/mol. The van der Waals surface area contributed by atoms with Gasteiger partial charge in [0.2, 0.25) is 0 Å². The predicted octanol–water partition coefficient (Wildman–Crippen LogP) is 5.01. The lowest BCUT2D eigenvalue weighted by molar-refractivity contribution is 0.0525. The minimum Gasteiger partial charge on any atom is -0.462 e. The molecule has 152 valence electrons. The van der Waals surface area contributed by atoms with Crippen molar-refractivity contribution in [1.29, 1.82) is 0 Å². The molecule has 0 unspecified atom stereocenters. The first kappa shape index (κ1) is 20.9. The molecule has 29 heavy (non-hydrogen) atoms. The fourth-order valence-electron chi connectivity index (χ4n) is 3.26. The largest absolute Gasteiger partial charge is 0.462 e. The van der Waals surface area contributed by atoms with Crippen molar-refractivity contribution in [2.75, 3.05) is 6.61 Å². The lowest BCUT2D eigenvalue weighted by atomic mass is 10.1. The number of benzene rings is 1. The Bertz CT molecular complexity index is 1010. The molecule has 0 fully saturated rings. The van der Waals surface area contributed by atoms with Crippen LogP contribution in [0.15, 0.2) is 51.6 Å². The second-order valence-corrected chi connectivity index (χ2v) is 7.48. The van der Waals surface area contributed by atoms with E-state index in [4.69, 9.17) is 9.15 Å². The molecule has 0 radical (unpaired) electrons. The van der Waals surface area contributed by atoms with Crippen LogP contribution in [0.25, 0.3) is 0 Å². The number of hydrogen-bond acceptors (Lipinski definition) is 4. The van der Waals surface area contributed by atoms with Crippen molar-refractivity contribution < 1.29 is 18.7 Å².